The molecule has 2 aromatic heterocycles. The van der Waals surface area contributed by atoms with Crippen molar-refractivity contribution in [2.24, 2.45) is 7.05 Å². The van der Waals surface area contributed by atoms with E-state index < -0.39 is 12.1 Å². The molecule has 7 nitrogen and oxygen atoms in total. The number of carboxylic acid groups (broad SMARTS) is 1. The van der Waals surface area contributed by atoms with Crippen molar-refractivity contribution in [1.82, 2.24) is 9.78 Å². The molecule has 3 aromatic carbocycles. The molecule has 1 N–H and O–H groups in total. The number of hydrogen-bond acceptors (Lipinski definition) is 5. The summed E-state index contributed by atoms with van der Waals surface area (Å²) >= 11 is 0. The maximum atomic E-state index is 14.9. The molecule has 0 saturated carbocycles. The van der Waals surface area contributed by atoms with Crippen molar-refractivity contribution in [2.45, 2.75) is 25.4 Å². The number of carbonyl (C=O) groups is 1. The first kappa shape index (κ1) is 21.2. The Hall–Kier alpha value is -4.33. The quantitative estimate of drug-likeness (QED) is 0.329. The fraction of sp³-hybridized carbons (Fsp3) is 0.185. The molecule has 1 atom stereocenters. The van der Waals surface area contributed by atoms with Crippen molar-refractivity contribution >= 4 is 27.8 Å². The van der Waals surface area contributed by atoms with Crippen LogP contribution in [0, 0.1) is 5.82 Å². The van der Waals surface area contributed by atoms with Crippen LogP contribution in [0.15, 0.2) is 65.4 Å². The van der Waals surface area contributed by atoms with E-state index in [4.69, 9.17) is 19.0 Å². The Bertz CT molecular complexity index is 1600. The van der Waals surface area contributed by atoms with Gasteiger partial charge in [0.1, 0.15) is 34.8 Å². The molecule has 0 bridgehead atoms. The van der Waals surface area contributed by atoms with E-state index in [1.807, 2.05) is 25.2 Å². The molecule has 6 rings (SSSR count). The molecule has 2 heterocycles. The van der Waals surface area contributed by atoms with Crippen LogP contribution in [-0.4, -0.2) is 20.9 Å². The summed E-state index contributed by atoms with van der Waals surface area (Å²) in [5.74, 6) is 0.525. The third kappa shape index (κ3) is 3.77. The molecule has 0 saturated heterocycles. The van der Waals surface area contributed by atoms with Crippen LogP contribution in [0.3, 0.4) is 0 Å². The summed E-state index contributed by atoms with van der Waals surface area (Å²) in [4.78, 5) is 11.0. The number of aromatic nitrogens is 2. The lowest BCUT2D eigenvalue weighted by Gasteiger charge is -2.17. The minimum atomic E-state index is -0.927. The monoisotopic (exact) mass is 472 g/mol. The molecule has 0 spiro atoms. The molecule has 0 fully saturated rings. The smallest absolute Gasteiger partial charge is 0.307 e. The summed E-state index contributed by atoms with van der Waals surface area (Å²) in [7, 11) is 1.87. The van der Waals surface area contributed by atoms with Crippen LogP contribution in [0.5, 0.6) is 17.2 Å². The fourth-order valence-electron chi connectivity index (χ4n) is 4.77. The first-order valence-corrected chi connectivity index (χ1v) is 11.3. The molecule has 0 unspecified atom stereocenters. The highest BCUT2D eigenvalue weighted by atomic mass is 19.1. The van der Waals surface area contributed by atoms with Crippen molar-refractivity contribution in [3.63, 3.8) is 0 Å². The Kier molecular flexibility index (Phi) is 4.95. The zero-order valence-electron chi connectivity index (χ0n) is 18.8. The lowest BCUT2D eigenvalue weighted by Crippen LogP contribution is -2.06. The van der Waals surface area contributed by atoms with Crippen LogP contribution in [-0.2, 0) is 24.7 Å². The number of nitrogens with zero attached hydrogens (tertiary/aromatic N) is 2. The summed E-state index contributed by atoms with van der Waals surface area (Å²) in [5.41, 5.74) is 3.36. The predicted octanol–water partition coefficient (Wildman–Crippen LogP) is 5.94. The number of hydrogen-bond donors (Lipinski definition) is 1. The van der Waals surface area contributed by atoms with Crippen LogP contribution >= 0.6 is 0 Å². The van der Waals surface area contributed by atoms with Gasteiger partial charge in [-0.25, -0.2) is 4.39 Å². The van der Waals surface area contributed by atoms with Gasteiger partial charge >= 0.3 is 5.97 Å². The van der Waals surface area contributed by atoms with Crippen molar-refractivity contribution < 1.29 is 28.2 Å². The predicted molar refractivity (Wildman–Crippen MR) is 126 cm³/mol. The summed E-state index contributed by atoms with van der Waals surface area (Å²) in [6.45, 7) is 0. The van der Waals surface area contributed by atoms with Gasteiger partial charge in [0.25, 0.3) is 0 Å². The van der Waals surface area contributed by atoms with E-state index >= 15 is 0 Å². The molecule has 1 aliphatic carbocycles. The lowest BCUT2D eigenvalue weighted by atomic mass is 10.1. The van der Waals surface area contributed by atoms with E-state index in [-0.39, 0.29) is 12.2 Å². The Morgan fingerprint density at radius 3 is 2.91 bits per heavy atom. The van der Waals surface area contributed by atoms with Gasteiger partial charge in [-0.05, 0) is 49.2 Å². The Morgan fingerprint density at radius 2 is 2.06 bits per heavy atom. The van der Waals surface area contributed by atoms with Crippen molar-refractivity contribution in [2.75, 3.05) is 0 Å². The summed E-state index contributed by atoms with van der Waals surface area (Å²) in [5, 5.41) is 15.1. The second kappa shape index (κ2) is 8.16. The van der Waals surface area contributed by atoms with E-state index in [1.165, 1.54) is 12.3 Å². The van der Waals surface area contributed by atoms with Crippen molar-refractivity contribution in [3.05, 3.63) is 83.5 Å². The van der Waals surface area contributed by atoms with Gasteiger partial charge in [0.05, 0.1) is 24.4 Å². The number of fused-ring (bicyclic) bond motifs is 3. The third-order valence-electron chi connectivity index (χ3n) is 6.43. The SMILES string of the molecule is Cn1ncc2ccc(Oc3ccc(F)c4c3CC[C@H]4Oc3ccc4c(CC(=O)O)coc4c3)cc21. The highest BCUT2D eigenvalue weighted by Crippen LogP contribution is 2.43. The molecule has 0 amide bonds. The number of rotatable bonds is 6. The first-order valence-electron chi connectivity index (χ1n) is 11.3. The highest BCUT2D eigenvalue weighted by Gasteiger charge is 2.31. The second-order valence-electron chi connectivity index (χ2n) is 8.66. The van der Waals surface area contributed by atoms with Crippen LogP contribution in [0.25, 0.3) is 21.9 Å². The van der Waals surface area contributed by atoms with Crippen LogP contribution < -0.4 is 9.47 Å². The maximum absolute atomic E-state index is 14.9. The average molecular weight is 472 g/mol. The molecule has 35 heavy (non-hydrogen) atoms. The standard InChI is InChI=1S/C27H21FN2O5/c1-30-22-11-17(3-2-15(22)13-29-30)34-23-9-7-21(28)27-20(23)6-8-24(27)35-18-4-5-19-16(10-26(31)32)14-33-25(19)12-18/h2-5,7,9,11-14,24H,6,8,10H2,1H3,(H,31,32)/t24-/m1/s1. The molecule has 0 radical (unpaired) electrons. The number of aryl methyl sites for hydroxylation is 1. The van der Waals surface area contributed by atoms with Gasteiger partial charge in [-0.1, -0.05) is 0 Å². The topological polar surface area (TPSA) is 86.7 Å². The number of carboxylic acids is 1. The van der Waals surface area contributed by atoms with Gasteiger partial charge < -0.3 is 19.0 Å². The molecule has 176 valence electrons. The largest absolute Gasteiger partial charge is 0.485 e. The average Bonchev–Trinajstić information content (AvgIpc) is 3.54. The minimum absolute atomic E-state index is 0.120. The van der Waals surface area contributed by atoms with E-state index in [9.17, 15) is 9.18 Å². The second-order valence-corrected chi connectivity index (χ2v) is 8.66. The van der Waals surface area contributed by atoms with Crippen molar-refractivity contribution in [3.8, 4) is 17.2 Å². The minimum Gasteiger partial charge on any atom is -0.485 e. The van der Waals surface area contributed by atoms with Gasteiger partial charge in [0.2, 0.25) is 0 Å². The van der Waals surface area contributed by atoms with E-state index in [0.29, 0.717) is 46.8 Å². The number of ether oxygens (including phenoxy) is 2. The van der Waals surface area contributed by atoms with E-state index in [0.717, 1.165) is 21.9 Å². The van der Waals surface area contributed by atoms with Crippen LogP contribution in [0.1, 0.15) is 29.2 Å². The molecular weight excluding hydrogens is 451 g/mol. The zero-order chi connectivity index (χ0) is 24.1. The molecule has 8 heteroatoms. The number of halogens is 1. The Morgan fingerprint density at radius 1 is 1.20 bits per heavy atom. The number of aliphatic carboxylic acids is 1. The first-order chi connectivity index (χ1) is 17.0. The zero-order valence-corrected chi connectivity index (χ0v) is 18.8. The van der Waals surface area contributed by atoms with Crippen LogP contribution in [0.2, 0.25) is 0 Å². The molecule has 1 aliphatic rings. The van der Waals surface area contributed by atoms with Crippen molar-refractivity contribution in [1.29, 1.82) is 0 Å². The third-order valence-corrected chi connectivity index (χ3v) is 6.43. The molecule has 0 aliphatic heterocycles. The molecule has 5 aromatic rings. The Balaban J connectivity index is 1.27. The normalized spacial score (nSPS) is 15.0. The Labute approximate surface area is 199 Å². The van der Waals surface area contributed by atoms with Gasteiger partial charge in [0.15, 0.2) is 0 Å². The van der Waals surface area contributed by atoms with Gasteiger partial charge in [-0.2, -0.15) is 5.10 Å². The number of furan rings is 1. The fourth-order valence-corrected chi connectivity index (χ4v) is 4.77. The summed E-state index contributed by atoms with van der Waals surface area (Å²) in [6.07, 6.45) is 3.87. The lowest BCUT2D eigenvalue weighted by molar-refractivity contribution is -0.136. The van der Waals surface area contributed by atoms with Gasteiger partial charge in [-0.15, -0.1) is 0 Å². The van der Waals surface area contributed by atoms with Gasteiger partial charge in [0, 0.05) is 46.6 Å². The van der Waals surface area contributed by atoms with E-state index in [2.05, 4.69) is 5.10 Å². The highest BCUT2D eigenvalue weighted by molar-refractivity contribution is 5.86. The van der Waals surface area contributed by atoms with Crippen LogP contribution in [0.4, 0.5) is 4.39 Å². The summed E-state index contributed by atoms with van der Waals surface area (Å²) < 4.78 is 34.6. The summed E-state index contributed by atoms with van der Waals surface area (Å²) in [6, 6.07) is 14.0. The van der Waals surface area contributed by atoms with E-state index in [1.54, 1.807) is 35.1 Å². The molecular formula is C27H21FN2O5. The number of benzene rings is 3. The van der Waals surface area contributed by atoms with Gasteiger partial charge in [-0.3, -0.25) is 9.48 Å². The maximum Gasteiger partial charge on any atom is 0.307 e.